The smallest absolute Gasteiger partial charge is 0.328 e. The van der Waals surface area contributed by atoms with E-state index in [9.17, 15) is 14.9 Å². The number of amides is 2. The van der Waals surface area contributed by atoms with Gasteiger partial charge in [-0.1, -0.05) is 0 Å². The first kappa shape index (κ1) is 21.7. The number of fused-ring (bicyclic) bond motifs is 1. The molecule has 0 aliphatic carbocycles. The molecule has 0 spiro atoms. The van der Waals surface area contributed by atoms with Crippen LogP contribution in [0, 0.1) is 11.3 Å². The Morgan fingerprint density at radius 2 is 2.28 bits per heavy atom. The Balaban J connectivity index is 1.60. The van der Waals surface area contributed by atoms with Crippen molar-refractivity contribution in [1.29, 1.82) is 5.26 Å². The minimum atomic E-state index is -0.403. The molecular formula is C23H25N5O4. The predicted octanol–water partition coefficient (Wildman–Crippen LogP) is 3.44. The highest BCUT2D eigenvalue weighted by atomic mass is 16.5. The maximum Gasteiger partial charge on any atom is 0.328 e. The van der Waals surface area contributed by atoms with Crippen LogP contribution in [0.3, 0.4) is 0 Å². The number of ether oxygens (including phenoxy) is 2. The second-order valence-corrected chi connectivity index (χ2v) is 8.15. The largest absolute Gasteiger partial charge is 0.489 e. The summed E-state index contributed by atoms with van der Waals surface area (Å²) in [6.45, 7) is 5.44. The number of anilines is 2. The van der Waals surface area contributed by atoms with Crippen LogP contribution in [0.4, 0.5) is 16.4 Å². The number of rotatable bonds is 5. The number of aromatic nitrogens is 2. The molecule has 2 aromatic rings. The molecule has 2 aliphatic rings. The summed E-state index contributed by atoms with van der Waals surface area (Å²) >= 11 is 0. The van der Waals surface area contributed by atoms with Gasteiger partial charge in [-0.15, -0.1) is 0 Å². The van der Waals surface area contributed by atoms with Crippen LogP contribution in [-0.2, 0) is 11.2 Å². The number of aryl methyl sites for hydroxylation is 1. The number of nitrogens with one attached hydrogen (secondary N) is 1. The Morgan fingerprint density at radius 3 is 2.97 bits per heavy atom. The lowest BCUT2D eigenvalue weighted by Gasteiger charge is -2.29. The van der Waals surface area contributed by atoms with Crippen molar-refractivity contribution in [2.45, 2.75) is 45.1 Å². The zero-order valence-corrected chi connectivity index (χ0v) is 18.1. The van der Waals surface area contributed by atoms with Crippen molar-refractivity contribution in [3.63, 3.8) is 0 Å². The molecule has 1 fully saturated rings. The number of pyridine rings is 2. The molecule has 0 radical (unpaired) electrons. The minimum Gasteiger partial charge on any atom is -0.489 e. The quantitative estimate of drug-likeness (QED) is 0.715. The van der Waals surface area contributed by atoms with Gasteiger partial charge < -0.3 is 9.47 Å². The molecule has 2 amide bonds. The van der Waals surface area contributed by atoms with Crippen LogP contribution in [0.25, 0.3) is 0 Å². The van der Waals surface area contributed by atoms with Gasteiger partial charge in [0.15, 0.2) is 6.29 Å². The molecule has 2 aliphatic heterocycles. The van der Waals surface area contributed by atoms with Crippen LogP contribution in [0.15, 0.2) is 18.3 Å². The summed E-state index contributed by atoms with van der Waals surface area (Å²) in [4.78, 5) is 35.1. The molecule has 0 saturated carbocycles. The second-order valence-electron chi connectivity index (χ2n) is 8.15. The fourth-order valence-electron chi connectivity index (χ4n) is 4.04. The highest BCUT2D eigenvalue weighted by molar-refractivity contribution is 6.01. The van der Waals surface area contributed by atoms with Gasteiger partial charge in [-0.2, -0.15) is 5.26 Å². The van der Waals surface area contributed by atoms with Crippen molar-refractivity contribution in [3.8, 4) is 11.8 Å². The fraction of sp³-hybridized carbons (Fsp3) is 0.435. The summed E-state index contributed by atoms with van der Waals surface area (Å²) < 4.78 is 11.1. The lowest BCUT2D eigenvalue weighted by atomic mass is 9.93. The Bertz CT molecular complexity index is 1070. The van der Waals surface area contributed by atoms with Crippen LogP contribution in [0.2, 0.25) is 0 Å². The standard InChI is InChI=1S/C23H25N5O4/c1-14(2)32-20-9-21(25-11-17(20)10-24)27-23(30)28-6-3-4-15-8-18(16-5-7-31-13-16)19(12-29)26-22(15)28/h8-9,11-12,14,16H,3-7,13H2,1-2H3,(H,25,27,30)/t16-/m0/s1. The monoisotopic (exact) mass is 435 g/mol. The maximum absolute atomic E-state index is 13.1. The summed E-state index contributed by atoms with van der Waals surface area (Å²) in [6.07, 6.45) is 4.41. The number of carbonyl (C=O) groups is 2. The number of nitrogens with zero attached hydrogens (tertiary/aromatic N) is 4. The van der Waals surface area contributed by atoms with Gasteiger partial charge in [-0.3, -0.25) is 15.0 Å². The van der Waals surface area contributed by atoms with E-state index in [1.165, 1.54) is 17.2 Å². The van der Waals surface area contributed by atoms with E-state index in [4.69, 9.17) is 9.47 Å². The van der Waals surface area contributed by atoms with Crippen molar-refractivity contribution in [2.24, 2.45) is 0 Å². The van der Waals surface area contributed by atoms with Gasteiger partial charge in [0.05, 0.1) is 18.9 Å². The molecule has 1 atom stereocenters. The minimum absolute atomic E-state index is 0.132. The second kappa shape index (κ2) is 9.32. The number of hydrogen-bond donors (Lipinski definition) is 1. The third-order valence-electron chi connectivity index (χ3n) is 5.53. The van der Waals surface area contributed by atoms with Crippen LogP contribution in [0.5, 0.6) is 5.75 Å². The summed E-state index contributed by atoms with van der Waals surface area (Å²) in [7, 11) is 0. The van der Waals surface area contributed by atoms with Crippen LogP contribution < -0.4 is 15.0 Å². The molecule has 1 saturated heterocycles. The van der Waals surface area contributed by atoms with Crippen molar-refractivity contribution in [3.05, 3.63) is 40.7 Å². The molecule has 32 heavy (non-hydrogen) atoms. The third kappa shape index (κ3) is 4.41. The topological polar surface area (TPSA) is 117 Å². The molecule has 9 heteroatoms. The average Bonchev–Trinajstić information content (AvgIpc) is 3.32. The van der Waals surface area contributed by atoms with E-state index in [-0.39, 0.29) is 17.8 Å². The van der Waals surface area contributed by atoms with Gasteiger partial charge in [0.25, 0.3) is 0 Å². The number of urea groups is 1. The number of nitriles is 1. The van der Waals surface area contributed by atoms with E-state index in [1.54, 1.807) is 0 Å². The van der Waals surface area contributed by atoms with Gasteiger partial charge in [0, 0.05) is 25.1 Å². The maximum atomic E-state index is 13.1. The lowest BCUT2D eigenvalue weighted by molar-refractivity contribution is 0.111. The van der Waals surface area contributed by atoms with E-state index in [2.05, 4.69) is 15.3 Å². The Morgan fingerprint density at radius 1 is 1.44 bits per heavy atom. The summed E-state index contributed by atoms with van der Waals surface area (Å²) in [5.74, 6) is 1.27. The summed E-state index contributed by atoms with van der Waals surface area (Å²) in [5.41, 5.74) is 2.47. The molecule has 4 rings (SSSR count). The van der Waals surface area contributed by atoms with Gasteiger partial charge in [0.1, 0.15) is 34.7 Å². The summed E-state index contributed by atoms with van der Waals surface area (Å²) in [6, 6.07) is 5.17. The van der Waals surface area contributed by atoms with Crippen LogP contribution in [-0.4, -0.2) is 48.1 Å². The molecule has 2 aromatic heterocycles. The van der Waals surface area contributed by atoms with E-state index in [0.29, 0.717) is 42.6 Å². The van der Waals surface area contributed by atoms with Gasteiger partial charge in [-0.05, 0) is 50.3 Å². The first-order chi connectivity index (χ1) is 15.5. The average molecular weight is 435 g/mol. The zero-order valence-electron chi connectivity index (χ0n) is 18.1. The van der Waals surface area contributed by atoms with E-state index in [0.717, 1.165) is 36.7 Å². The molecule has 0 bridgehead atoms. The van der Waals surface area contributed by atoms with Gasteiger partial charge in [-0.25, -0.2) is 14.8 Å². The number of aldehydes is 1. The first-order valence-corrected chi connectivity index (χ1v) is 10.7. The normalized spacial score (nSPS) is 17.6. The molecule has 0 unspecified atom stereocenters. The van der Waals surface area contributed by atoms with Crippen molar-refractivity contribution < 1.29 is 19.1 Å². The number of hydrogen-bond acceptors (Lipinski definition) is 7. The SMILES string of the molecule is CC(C)Oc1cc(NC(=O)N2CCCc3cc([C@H]4CCOC4)c(C=O)nc32)ncc1C#N. The fourth-order valence-corrected chi connectivity index (χ4v) is 4.04. The van der Waals surface area contributed by atoms with E-state index >= 15 is 0 Å². The zero-order chi connectivity index (χ0) is 22.7. The van der Waals surface area contributed by atoms with E-state index < -0.39 is 6.03 Å². The van der Waals surface area contributed by atoms with Gasteiger partial charge >= 0.3 is 6.03 Å². The predicted molar refractivity (Wildman–Crippen MR) is 117 cm³/mol. The third-order valence-corrected chi connectivity index (χ3v) is 5.53. The Labute approximate surface area is 186 Å². The molecule has 166 valence electrons. The first-order valence-electron chi connectivity index (χ1n) is 10.7. The van der Waals surface area contributed by atoms with Crippen molar-refractivity contribution in [2.75, 3.05) is 30.0 Å². The Kier molecular flexibility index (Phi) is 6.32. The molecule has 4 heterocycles. The summed E-state index contributed by atoms with van der Waals surface area (Å²) in [5, 5.41) is 12.0. The molecular weight excluding hydrogens is 410 g/mol. The molecule has 9 nitrogen and oxygen atoms in total. The van der Waals surface area contributed by atoms with Crippen molar-refractivity contribution >= 4 is 24.0 Å². The van der Waals surface area contributed by atoms with Crippen LogP contribution >= 0.6 is 0 Å². The molecule has 0 aromatic carbocycles. The van der Waals surface area contributed by atoms with E-state index in [1.807, 2.05) is 26.0 Å². The van der Waals surface area contributed by atoms with Crippen molar-refractivity contribution in [1.82, 2.24) is 9.97 Å². The van der Waals surface area contributed by atoms with Gasteiger partial charge in [0.2, 0.25) is 0 Å². The highest BCUT2D eigenvalue weighted by Gasteiger charge is 2.29. The highest BCUT2D eigenvalue weighted by Crippen LogP contribution is 2.33. The number of carbonyl (C=O) groups excluding carboxylic acids is 2. The van der Waals surface area contributed by atoms with Crippen LogP contribution in [0.1, 0.15) is 59.8 Å². The molecule has 1 N–H and O–H groups in total. The Hall–Kier alpha value is -3.51. The lowest BCUT2D eigenvalue weighted by Crippen LogP contribution is -2.40.